The fourth-order valence-electron chi connectivity index (χ4n) is 2.84. The number of halogens is 5. The Balaban J connectivity index is 1.76. The number of aliphatic imine (C=N–C) groups is 1. The molecule has 0 spiro atoms. The summed E-state index contributed by atoms with van der Waals surface area (Å²) >= 11 is 0. The molecule has 1 N–H and O–H groups in total. The monoisotopic (exact) mass is 475 g/mol. The van der Waals surface area contributed by atoms with Gasteiger partial charge in [0.05, 0.1) is 29.6 Å². The molecule has 34 heavy (non-hydrogen) atoms. The standard InChI is InChI=1S/C20H14F5N9/c1-10(20(23,24)25)29-17-32-16(13-8-27-7-12(31-13)15(21)22)33-18(34-17)30-11-2-5-28-14(6-11)19(9-26)3-4-19/h2,5-8,15H,3-4H2,1H3,(H,28,30,32,33,34). The lowest BCUT2D eigenvalue weighted by molar-refractivity contribution is -0.0591. The summed E-state index contributed by atoms with van der Waals surface area (Å²) < 4.78 is 65.0. The van der Waals surface area contributed by atoms with Crippen LogP contribution >= 0.6 is 0 Å². The molecule has 0 saturated heterocycles. The van der Waals surface area contributed by atoms with Crippen molar-refractivity contribution in [2.75, 3.05) is 5.32 Å². The van der Waals surface area contributed by atoms with E-state index in [2.05, 4.69) is 46.3 Å². The fourth-order valence-corrected chi connectivity index (χ4v) is 2.84. The van der Waals surface area contributed by atoms with E-state index in [-0.39, 0.29) is 17.5 Å². The van der Waals surface area contributed by atoms with Gasteiger partial charge in [-0.3, -0.25) is 9.97 Å². The number of anilines is 2. The Kier molecular flexibility index (Phi) is 5.86. The van der Waals surface area contributed by atoms with Crippen LogP contribution in [0.25, 0.3) is 11.5 Å². The van der Waals surface area contributed by atoms with Gasteiger partial charge in [0.15, 0.2) is 5.82 Å². The highest BCUT2D eigenvalue weighted by atomic mass is 19.4. The second-order valence-electron chi connectivity index (χ2n) is 7.36. The molecular weight excluding hydrogens is 461 g/mol. The van der Waals surface area contributed by atoms with Gasteiger partial charge in [-0.2, -0.15) is 33.4 Å². The van der Waals surface area contributed by atoms with Crippen LogP contribution in [0, 0.1) is 11.3 Å². The zero-order valence-electron chi connectivity index (χ0n) is 17.3. The van der Waals surface area contributed by atoms with E-state index >= 15 is 0 Å². The summed E-state index contributed by atoms with van der Waals surface area (Å²) in [5.41, 5.74) is -1.84. The Hall–Kier alpha value is -4.15. The van der Waals surface area contributed by atoms with Crippen LogP contribution in [0.4, 0.5) is 39.5 Å². The van der Waals surface area contributed by atoms with Crippen LogP contribution in [-0.2, 0) is 5.41 Å². The lowest BCUT2D eigenvalue weighted by atomic mass is 10.0. The molecule has 9 nitrogen and oxygen atoms in total. The third kappa shape index (κ3) is 4.92. The first-order chi connectivity index (χ1) is 16.1. The predicted octanol–water partition coefficient (Wildman–Crippen LogP) is 4.61. The molecule has 0 radical (unpaired) electrons. The first-order valence-corrected chi connectivity index (χ1v) is 9.73. The maximum Gasteiger partial charge on any atom is 0.429 e. The van der Waals surface area contributed by atoms with E-state index in [0.717, 1.165) is 19.3 Å². The van der Waals surface area contributed by atoms with Crippen LogP contribution < -0.4 is 5.32 Å². The number of aromatic nitrogens is 6. The molecule has 1 aliphatic rings. The average Bonchev–Trinajstić information content (AvgIpc) is 3.60. The van der Waals surface area contributed by atoms with Crippen molar-refractivity contribution >= 4 is 23.3 Å². The number of nitrogens with one attached hydrogen (secondary N) is 1. The van der Waals surface area contributed by atoms with Crippen molar-refractivity contribution in [2.45, 2.75) is 37.8 Å². The molecule has 3 heterocycles. The Bertz CT molecular complexity index is 1300. The zero-order chi connectivity index (χ0) is 24.5. The number of pyridine rings is 1. The number of nitriles is 1. The molecule has 0 aliphatic heterocycles. The minimum atomic E-state index is -4.73. The minimum Gasteiger partial charge on any atom is -0.324 e. The second-order valence-corrected chi connectivity index (χ2v) is 7.36. The van der Waals surface area contributed by atoms with Crippen LogP contribution in [0.15, 0.2) is 35.7 Å². The number of rotatable bonds is 6. The van der Waals surface area contributed by atoms with Crippen molar-refractivity contribution in [3.05, 3.63) is 42.1 Å². The van der Waals surface area contributed by atoms with Crippen molar-refractivity contribution in [3.8, 4) is 17.6 Å². The molecule has 3 aromatic rings. The number of nitrogens with zero attached hydrogens (tertiary/aromatic N) is 8. The molecule has 0 atom stereocenters. The van der Waals surface area contributed by atoms with E-state index in [0.29, 0.717) is 24.2 Å². The third-order valence-corrected chi connectivity index (χ3v) is 4.88. The normalized spacial score (nSPS) is 15.2. The molecule has 0 amide bonds. The lowest BCUT2D eigenvalue weighted by Crippen LogP contribution is -2.19. The van der Waals surface area contributed by atoms with Crippen molar-refractivity contribution < 1.29 is 22.0 Å². The zero-order valence-corrected chi connectivity index (χ0v) is 17.3. The van der Waals surface area contributed by atoms with Crippen molar-refractivity contribution in [3.63, 3.8) is 0 Å². The van der Waals surface area contributed by atoms with Crippen LogP contribution in [-0.4, -0.2) is 41.8 Å². The Morgan fingerprint density at radius 2 is 1.94 bits per heavy atom. The summed E-state index contributed by atoms with van der Waals surface area (Å²) in [5.74, 6) is -1.15. The van der Waals surface area contributed by atoms with E-state index in [4.69, 9.17) is 0 Å². The maximum absolute atomic E-state index is 13.0. The molecular formula is C20H14F5N9. The van der Waals surface area contributed by atoms with Crippen molar-refractivity contribution in [2.24, 2.45) is 4.99 Å². The van der Waals surface area contributed by atoms with Gasteiger partial charge in [0, 0.05) is 11.9 Å². The molecule has 174 valence electrons. The third-order valence-electron chi connectivity index (χ3n) is 4.88. The van der Waals surface area contributed by atoms with Gasteiger partial charge in [0.25, 0.3) is 12.4 Å². The van der Waals surface area contributed by atoms with E-state index in [1.807, 2.05) is 0 Å². The predicted molar refractivity (Wildman–Crippen MR) is 109 cm³/mol. The van der Waals surface area contributed by atoms with Crippen LogP contribution in [0.1, 0.15) is 37.6 Å². The van der Waals surface area contributed by atoms with Gasteiger partial charge in [-0.05, 0) is 31.9 Å². The molecule has 4 rings (SSSR count). The first kappa shape index (κ1) is 23.0. The minimum absolute atomic E-state index is 0.207. The second kappa shape index (κ2) is 8.65. The quantitative estimate of drug-likeness (QED) is 0.405. The first-order valence-electron chi connectivity index (χ1n) is 9.73. The molecule has 1 saturated carbocycles. The highest BCUT2D eigenvalue weighted by molar-refractivity contribution is 5.89. The molecule has 3 aromatic heterocycles. The number of hydrogen-bond donors (Lipinski definition) is 1. The van der Waals surface area contributed by atoms with Crippen molar-refractivity contribution in [1.82, 2.24) is 29.9 Å². The van der Waals surface area contributed by atoms with Gasteiger partial charge >= 0.3 is 6.18 Å². The van der Waals surface area contributed by atoms with Crippen molar-refractivity contribution in [1.29, 1.82) is 5.26 Å². The van der Waals surface area contributed by atoms with E-state index in [9.17, 15) is 27.2 Å². The van der Waals surface area contributed by atoms with Gasteiger partial charge < -0.3 is 5.32 Å². The fraction of sp³-hybridized carbons (Fsp3) is 0.300. The molecule has 1 aliphatic carbocycles. The highest BCUT2D eigenvalue weighted by Crippen LogP contribution is 2.47. The van der Waals surface area contributed by atoms with Gasteiger partial charge in [0.2, 0.25) is 5.95 Å². The van der Waals surface area contributed by atoms with Gasteiger partial charge in [-0.25, -0.2) is 18.8 Å². The van der Waals surface area contributed by atoms with Gasteiger partial charge in [-0.1, -0.05) is 0 Å². The smallest absolute Gasteiger partial charge is 0.324 e. The summed E-state index contributed by atoms with van der Waals surface area (Å²) in [6.45, 7) is 0.736. The van der Waals surface area contributed by atoms with Crippen LogP contribution in [0.2, 0.25) is 0 Å². The van der Waals surface area contributed by atoms with Gasteiger partial charge in [0.1, 0.15) is 17.1 Å². The van der Waals surface area contributed by atoms with Gasteiger partial charge in [-0.15, -0.1) is 0 Å². The van der Waals surface area contributed by atoms with E-state index < -0.39 is 35.4 Å². The Morgan fingerprint density at radius 3 is 2.59 bits per heavy atom. The summed E-state index contributed by atoms with van der Waals surface area (Å²) in [6.07, 6.45) is -2.95. The van der Waals surface area contributed by atoms with Crippen LogP contribution in [0.5, 0.6) is 0 Å². The maximum atomic E-state index is 13.0. The average molecular weight is 475 g/mol. The van der Waals surface area contributed by atoms with E-state index in [1.54, 1.807) is 12.1 Å². The highest BCUT2D eigenvalue weighted by Gasteiger charge is 2.46. The topological polar surface area (TPSA) is 126 Å². The summed E-state index contributed by atoms with van der Waals surface area (Å²) in [6, 6.07) is 5.36. The molecule has 1 fully saturated rings. The van der Waals surface area contributed by atoms with E-state index in [1.165, 1.54) is 6.20 Å². The largest absolute Gasteiger partial charge is 0.429 e. The van der Waals surface area contributed by atoms with Crippen LogP contribution in [0.3, 0.4) is 0 Å². The summed E-state index contributed by atoms with van der Waals surface area (Å²) in [5, 5.41) is 12.2. The molecule has 14 heteroatoms. The number of hydrogen-bond acceptors (Lipinski definition) is 9. The summed E-state index contributed by atoms with van der Waals surface area (Å²) in [4.78, 5) is 26.8. The SMILES string of the molecule is CC(=Nc1nc(Nc2ccnc(C3(C#N)CC3)c2)nc(-c2cncc(C(F)F)n2)n1)C(F)(F)F. The summed E-state index contributed by atoms with van der Waals surface area (Å²) in [7, 11) is 0. The molecule has 0 unspecified atom stereocenters. The molecule has 0 bridgehead atoms. The molecule has 0 aromatic carbocycles. The lowest BCUT2D eigenvalue weighted by Gasteiger charge is -2.11. The Morgan fingerprint density at radius 1 is 1.18 bits per heavy atom. The number of alkyl halides is 5. The Labute approximate surface area is 188 Å².